The third kappa shape index (κ3) is 2.79. The van der Waals surface area contributed by atoms with Gasteiger partial charge in [-0.1, -0.05) is 24.3 Å². The average Bonchev–Trinajstić information content (AvgIpc) is 2.49. The van der Waals surface area contributed by atoms with E-state index in [1.54, 1.807) is 6.07 Å². The highest BCUT2D eigenvalue weighted by Crippen LogP contribution is 2.24. The van der Waals surface area contributed by atoms with Gasteiger partial charge in [-0.2, -0.15) is 0 Å². The number of pyridine rings is 1. The number of carbonyl (C=O) groups is 2. The number of hydrogen-bond donors (Lipinski definition) is 3. The van der Waals surface area contributed by atoms with Crippen molar-refractivity contribution in [2.24, 2.45) is 0 Å². The summed E-state index contributed by atoms with van der Waals surface area (Å²) in [5.41, 5.74) is 0.0102. The van der Waals surface area contributed by atoms with Gasteiger partial charge >= 0.3 is 5.97 Å². The fraction of sp³-hybridized carbons (Fsp3) is 0.267. The minimum absolute atomic E-state index is 0.0102. The summed E-state index contributed by atoms with van der Waals surface area (Å²) in [7, 11) is 0. The number of piperidine rings is 1. The number of anilines is 1. The molecule has 0 saturated carbocycles. The second kappa shape index (κ2) is 5.40. The quantitative estimate of drug-likeness (QED) is 0.797. The third-order valence-corrected chi connectivity index (χ3v) is 3.57. The van der Waals surface area contributed by atoms with Gasteiger partial charge < -0.3 is 15.7 Å². The van der Waals surface area contributed by atoms with Crippen LogP contribution in [0.25, 0.3) is 10.8 Å². The Hall–Kier alpha value is -2.63. The number of fused-ring (bicyclic) bond motifs is 1. The smallest absolute Gasteiger partial charge is 0.354 e. The lowest BCUT2D eigenvalue weighted by atomic mass is 10.1. The number of carboxylic acid groups (broad SMARTS) is 1. The number of nitrogens with one attached hydrogen (secondary N) is 2. The number of hydrogen-bond acceptors (Lipinski definition) is 4. The van der Waals surface area contributed by atoms with E-state index >= 15 is 0 Å². The highest BCUT2D eigenvalue weighted by molar-refractivity contribution is 5.97. The Kier molecular flexibility index (Phi) is 3.43. The molecule has 1 unspecified atom stereocenters. The lowest BCUT2D eigenvalue weighted by Crippen LogP contribution is -2.42. The summed E-state index contributed by atoms with van der Waals surface area (Å²) in [6, 6.07) is 9.12. The second-order valence-corrected chi connectivity index (χ2v) is 5.07. The Bertz CT molecular complexity index is 704. The molecule has 0 spiro atoms. The molecule has 1 aliphatic heterocycles. The van der Waals surface area contributed by atoms with Crippen LogP contribution in [0.2, 0.25) is 0 Å². The summed E-state index contributed by atoms with van der Waals surface area (Å²) < 4.78 is 0. The highest BCUT2D eigenvalue weighted by Gasteiger charge is 2.19. The summed E-state index contributed by atoms with van der Waals surface area (Å²) in [5, 5.41) is 16.9. The van der Waals surface area contributed by atoms with E-state index in [4.69, 9.17) is 5.11 Å². The minimum Gasteiger partial charge on any atom is -0.477 e. The van der Waals surface area contributed by atoms with E-state index < -0.39 is 5.97 Å². The van der Waals surface area contributed by atoms with Crippen LogP contribution in [-0.2, 0) is 4.79 Å². The fourth-order valence-electron chi connectivity index (χ4n) is 2.47. The normalized spacial score (nSPS) is 18.3. The maximum atomic E-state index is 11.2. The molecule has 1 fully saturated rings. The molecule has 2 heterocycles. The van der Waals surface area contributed by atoms with Crippen LogP contribution in [0.4, 0.5) is 5.82 Å². The van der Waals surface area contributed by atoms with Crippen LogP contribution in [0.1, 0.15) is 23.3 Å². The number of nitrogens with zero attached hydrogens (tertiary/aromatic N) is 1. The SMILES string of the molecule is O=C1CCC(Nc2nc(C(=O)O)cc3ccccc23)CN1. The van der Waals surface area contributed by atoms with Gasteiger partial charge in [-0.25, -0.2) is 9.78 Å². The largest absolute Gasteiger partial charge is 0.477 e. The lowest BCUT2D eigenvalue weighted by Gasteiger charge is -2.24. The molecular weight excluding hydrogens is 270 g/mol. The Morgan fingerprint density at radius 2 is 2.19 bits per heavy atom. The van der Waals surface area contributed by atoms with E-state index in [0.717, 1.165) is 10.8 Å². The van der Waals surface area contributed by atoms with Crippen molar-refractivity contribution in [2.75, 3.05) is 11.9 Å². The standard InChI is InChI=1S/C15H15N3O3/c19-13-6-5-10(8-16-13)17-14-11-4-2-1-3-9(11)7-12(18-14)15(20)21/h1-4,7,10H,5-6,8H2,(H,16,19)(H,17,18)(H,20,21). The summed E-state index contributed by atoms with van der Waals surface area (Å²) in [6.07, 6.45) is 1.17. The van der Waals surface area contributed by atoms with E-state index in [1.165, 1.54) is 0 Å². The van der Waals surface area contributed by atoms with Crippen LogP contribution in [-0.4, -0.2) is 34.6 Å². The minimum atomic E-state index is -1.05. The molecule has 6 heteroatoms. The first kappa shape index (κ1) is 13.4. The molecule has 1 saturated heterocycles. The van der Waals surface area contributed by atoms with E-state index in [0.29, 0.717) is 25.2 Å². The van der Waals surface area contributed by atoms with E-state index in [2.05, 4.69) is 15.6 Å². The number of aromatic carboxylic acids is 1. The van der Waals surface area contributed by atoms with Gasteiger partial charge in [0.2, 0.25) is 5.91 Å². The number of aromatic nitrogens is 1. The monoisotopic (exact) mass is 285 g/mol. The number of carboxylic acids is 1. The maximum absolute atomic E-state index is 11.2. The number of benzene rings is 1. The van der Waals surface area contributed by atoms with Crippen molar-refractivity contribution < 1.29 is 14.7 Å². The summed E-state index contributed by atoms with van der Waals surface area (Å²) in [4.78, 5) is 26.6. The van der Waals surface area contributed by atoms with Crippen molar-refractivity contribution in [1.29, 1.82) is 0 Å². The van der Waals surface area contributed by atoms with Gasteiger partial charge in [-0.3, -0.25) is 4.79 Å². The highest BCUT2D eigenvalue weighted by atomic mass is 16.4. The first-order valence-electron chi connectivity index (χ1n) is 6.80. The zero-order valence-corrected chi connectivity index (χ0v) is 11.3. The van der Waals surface area contributed by atoms with Gasteiger partial charge in [0.05, 0.1) is 0 Å². The van der Waals surface area contributed by atoms with E-state index in [-0.39, 0.29) is 17.6 Å². The Morgan fingerprint density at radius 3 is 2.90 bits per heavy atom. The number of carbonyl (C=O) groups excluding carboxylic acids is 1. The molecule has 2 aromatic rings. The molecule has 1 aliphatic rings. The molecule has 0 bridgehead atoms. The predicted octanol–water partition coefficient (Wildman–Crippen LogP) is 1.62. The molecule has 108 valence electrons. The van der Waals surface area contributed by atoms with Gasteiger partial charge in [0.25, 0.3) is 0 Å². The van der Waals surface area contributed by atoms with Crippen molar-refractivity contribution >= 4 is 28.5 Å². The molecule has 1 aromatic heterocycles. The Balaban J connectivity index is 1.96. The van der Waals surface area contributed by atoms with Crippen LogP contribution >= 0.6 is 0 Å². The third-order valence-electron chi connectivity index (χ3n) is 3.57. The zero-order valence-electron chi connectivity index (χ0n) is 11.3. The fourth-order valence-corrected chi connectivity index (χ4v) is 2.47. The van der Waals surface area contributed by atoms with Crippen LogP contribution in [0.3, 0.4) is 0 Å². The molecule has 3 N–H and O–H groups in total. The summed E-state index contributed by atoms with van der Waals surface area (Å²) in [6.45, 7) is 0.520. The van der Waals surface area contributed by atoms with Gasteiger partial charge in [0.15, 0.2) is 5.69 Å². The maximum Gasteiger partial charge on any atom is 0.354 e. The zero-order chi connectivity index (χ0) is 14.8. The van der Waals surface area contributed by atoms with Crippen molar-refractivity contribution in [3.8, 4) is 0 Å². The van der Waals surface area contributed by atoms with Crippen molar-refractivity contribution in [3.63, 3.8) is 0 Å². The lowest BCUT2D eigenvalue weighted by molar-refractivity contribution is -0.122. The average molecular weight is 285 g/mol. The van der Waals surface area contributed by atoms with Crippen LogP contribution in [0.15, 0.2) is 30.3 Å². The van der Waals surface area contributed by atoms with Crippen molar-refractivity contribution in [2.45, 2.75) is 18.9 Å². The second-order valence-electron chi connectivity index (χ2n) is 5.07. The Labute approximate surface area is 121 Å². The first-order valence-corrected chi connectivity index (χ1v) is 6.80. The number of rotatable bonds is 3. The first-order chi connectivity index (χ1) is 10.1. The van der Waals surface area contributed by atoms with Gasteiger partial charge in [0.1, 0.15) is 5.82 Å². The molecule has 1 amide bonds. The van der Waals surface area contributed by atoms with Gasteiger partial charge in [0, 0.05) is 24.4 Å². The van der Waals surface area contributed by atoms with Crippen molar-refractivity contribution in [3.05, 3.63) is 36.0 Å². The molecule has 1 aromatic carbocycles. The Morgan fingerprint density at radius 1 is 1.38 bits per heavy atom. The molecular formula is C15H15N3O3. The molecule has 1 atom stereocenters. The van der Waals surface area contributed by atoms with Crippen LogP contribution in [0, 0.1) is 0 Å². The molecule has 6 nitrogen and oxygen atoms in total. The topological polar surface area (TPSA) is 91.3 Å². The number of amides is 1. The van der Waals surface area contributed by atoms with E-state index in [1.807, 2.05) is 24.3 Å². The van der Waals surface area contributed by atoms with Crippen LogP contribution in [0.5, 0.6) is 0 Å². The van der Waals surface area contributed by atoms with E-state index in [9.17, 15) is 9.59 Å². The summed E-state index contributed by atoms with van der Waals surface area (Å²) in [5.74, 6) is -0.461. The summed E-state index contributed by atoms with van der Waals surface area (Å²) >= 11 is 0. The molecule has 0 radical (unpaired) electrons. The molecule has 0 aliphatic carbocycles. The van der Waals surface area contributed by atoms with Crippen LogP contribution < -0.4 is 10.6 Å². The molecule has 3 rings (SSSR count). The van der Waals surface area contributed by atoms with Crippen molar-refractivity contribution in [1.82, 2.24) is 10.3 Å². The van der Waals surface area contributed by atoms with Gasteiger partial charge in [-0.15, -0.1) is 0 Å². The predicted molar refractivity (Wildman–Crippen MR) is 78.4 cm³/mol. The van der Waals surface area contributed by atoms with Gasteiger partial charge in [-0.05, 0) is 17.9 Å². The molecule has 21 heavy (non-hydrogen) atoms.